The number of aryl methyl sites for hydroxylation is 1. The average molecular weight is 366 g/mol. The van der Waals surface area contributed by atoms with Gasteiger partial charge in [-0.2, -0.15) is 0 Å². The fourth-order valence-electron chi connectivity index (χ4n) is 2.41. The minimum absolute atomic E-state index is 0.231. The Morgan fingerprint density at radius 2 is 2.05 bits per heavy atom. The number of hydrogen-bond acceptors (Lipinski definition) is 3. The first-order chi connectivity index (χ1) is 10.1. The molecule has 0 aliphatic heterocycles. The quantitative estimate of drug-likeness (QED) is 0.522. The van der Waals surface area contributed by atoms with E-state index in [4.69, 9.17) is 21.9 Å². The lowest BCUT2D eigenvalue weighted by atomic mass is 10.0. The molecule has 0 saturated carbocycles. The van der Waals surface area contributed by atoms with Crippen LogP contribution in [-0.2, 0) is 0 Å². The fourth-order valence-corrected chi connectivity index (χ4v) is 2.92. The first kappa shape index (κ1) is 14.6. The second-order valence-corrected chi connectivity index (χ2v) is 6.18. The van der Waals surface area contributed by atoms with Crippen LogP contribution in [0.15, 0.2) is 51.4 Å². The molecule has 1 atom stereocenters. The number of fused-ring (bicyclic) bond motifs is 1. The Bertz CT molecular complexity index is 800. The summed E-state index contributed by atoms with van der Waals surface area (Å²) in [7, 11) is 0. The number of hydrogen-bond donors (Lipinski definition) is 2. The summed E-state index contributed by atoms with van der Waals surface area (Å²) in [5.74, 6) is 6.50. The zero-order valence-electron chi connectivity index (χ0n) is 11.4. The maximum atomic E-state index is 6.04. The van der Waals surface area contributed by atoms with Crippen LogP contribution in [0.5, 0.6) is 0 Å². The third kappa shape index (κ3) is 2.72. The zero-order valence-corrected chi connectivity index (χ0v) is 13.7. The molecule has 5 heteroatoms. The fraction of sp³-hybridized carbons (Fsp3) is 0.125. The topological polar surface area (TPSA) is 51.2 Å². The molecule has 2 aromatic carbocycles. The highest BCUT2D eigenvalue weighted by atomic mass is 79.9. The Kier molecular flexibility index (Phi) is 4.04. The molecular weight excluding hydrogens is 352 g/mol. The van der Waals surface area contributed by atoms with E-state index in [0.29, 0.717) is 5.02 Å². The molecule has 3 aromatic rings. The lowest BCUT2D eigenvalue weighted by molar-refractivity contribution is 0.476. The molecule has 0 radical (unpaired) electrons. The first-order valence-corrected chi connectivity index (χ1v) is 7.67. The molecule has 1 unspecified atom stereocenters. The van der Waals surface area contributed by atoms with E-state index in [2.05, 4.69) is 21.4 Å². The van der Waals surface area contributed by atoms with Gasteiger partial charge in [0, 0.05) is 9.86 Å². The number of benzene rings is 2. The minimum Gasteiger partial charge on any atom is -0.459 e. The number of furan rings is 1. The predicted molar refractivity (Wildman–Crippen MR) is 89.3 cm³/mol. The van der Waals surface area contributed by atoms with Crippen molar-refractivity contribution in [1.82, 2.24) is 5.43 Å². The van der Waals surface area contributed by atoms with Crippen molar-refractivity contribution in [3.8, 4) is 0 Å². The maximum Gasteiger partial charge on any atom is 0.137 e. The predicted octanol–water partition coefficient (Wildman–Crippen LogP) is 4.71. The number of hydrazine groups is 1. The Balaban J connectivity index is 2.09. The maximum absolute atomic E-state index is 6.04. The molecule has 1 aromatic heterocycles. The first-order valence-electron chi connectivity index (χ1n) is 6.50. The van der Waals surface area contributed by atoms with Crippen LogP contribution >= 0.6 is 27.5 Å². The second-order valence-electron chi connectivity index (χ2n) is 4.92. The number of halogens is 2. The summed E-state index contributed by atoms with van der Waals surface area (Å²) in [6, 6.07) is 13.5. The SMILES string of the molecule is Cc1cccc2cc(C(NN)c3ccc(Cl)c(Br)c3)oc12. The van der Waals surface area contributed by atoms with Crippen molar-refractivity contribution in [2.24, 2.45) is 5.84 Å². The summed E-state index contributed by atoms with van der Waals surface area (Å²) in [5, 5.41) is 1.73. The molecule has 0 bridgehead atoms. The third-order valence-corrected chi connectivity index (χ3v) is 4.70. The molecule has 3 rings (SSSR count). The van der Waals surface area contributed by atoms with Gasteiger partial charge in [-0.15, -0.1) is 0 Å². The standard InChI is InChI=1S/C16H14BrClN2O/c1-9-3-2-4-11-8-14(21-16(9)11)15(20-19)10-5-6-13(18)12(17)7-10/h2-8,15,20H,19H2,1H3. The molecule has 0 saturated heterocycles. The summed E-state index contributed by atoms with van der Waals surface area (Å²) < 4.78 is 6.81. The van der Waals surface area contributed by atoms with Gasteiger partial charge in [0.1, 0.15) is 17.4 Å². The lowest BCUT2D eigenvalue weighted by Gasteiger charge is -2.14. The van der Waals surface area contributed by atoms with Crippen LogP contribution in [0.1, 0.15) is 22.9 Å². The van der Waals surface area contributed by atoms with Crippen LogP contribution < -0.4 is 11.3 Å². The molecule has 0 aliphatic carbocycles. The Morgan fingerprint density at radius 3 is 2.71 bits per heavy atom. The van der Waals surface area contributed by atoms with Crippen molar-refractivity contribution in [2.45, 2.75) is 13.0 Å². The van der Waals surface area contributed by atoms with Crippen LogP contribution in [0.2, 0.25) is 5.02 Å². The van der Waals surface area contributed by atoms with Gasteiger partial charge in [0.05, 0.1) is 5.02 Å². The van der Waals surface area contributed by atoms with Gasteiger partial charge in [-0.1, -0.05) is 35.9 Å². The van der Waals surface area contributed by atoms with E-state index in [1.54, 1.807) is 0 Å². The molecule has 3 N–H and O–H groups in total. The minimum atomic E-state index is -0.231. The third-order valence-electron chi connectivity index (χ3n) is 3.49. The Hall–Kier alpha value is -1.33. The van der Waals surface area contributed by atoms with Gasteiger partial charge in [0.25, 0.3) is 0 Å². The summed E-state index contributed by atoms with van der Waals surface area (Å²) in [6.45, 7) is 2.03. The largest absolute Gasteiger partial charge is 0.459 e. The Labute approximate surface area is 136 Å². The molecule has 1 heterocycles. The number of para-hydroxylation sites is 1. The van der Waals surface area contributed by atoms with E-state index >= 15 is 0 Å². The van der Waals surface area contributed by atoms with E-state index in [1.165, 1.54) is 0 Å². The molecule has 21 heavy (non-hydrogen) atoms. The number of rotatable bonds is 3. The van der Waals surface area contributed by atoms with Crippen molar-refractivity contribution in [3.63, 3.8) is 0 Å². The van der Waals surface area contributed by atoms with E-state index < -0.39 is 0 Å². The van der Waals surface area contributed by atoms with Gasteiger partial charge in [0.15, 0.2) is 0 Å². The van der Waals surface area contributed by atoms with Gasteiger partial charge >= 0.3 is 0 Å². The van der Waals surface area contributed by atoms with Crippen molar-refractivity contribution in [3.05, 3.63) is 68.8 Å². The van der Waals surface area contributed by atoms with Gasteiger partial charge in [0.2, 0.25) is 0 Å². The highest BCUT2D eigenvalue weighted by Crippen LogP contribution is 2.32. The van der Waals surface area contributed by atoms with Crippen LogP contribution in [0.25, 0.3) is 11.0 Å². The molecule has 0 amide bonds. The van der Waals surface area contributed by atoms with Gasteiger partial charge in [-0.05, 0) is 52.2 Å². The van der Waals surface area contributed by atoms with Crippen LogP contribution in [-0.4, -0.2) is 0 Å². The molecular formula is C16H14BrClN2O. The molecule has 0 fully saturated rings. The van der Waals surface area contributed by atoms with E-state index in [-0.39, 0.29) is 6.04 Å². The normalized spacial score (nSPS) is 12.8. The molecule has 0 spiro atoms. The highest BCUT2D eigenvalue weighted by Gasteiger charge is 2.18. The van der Waals surface area contributed by atoms with E-state index in [1.807, 2.05) is 49.4 Å². The van der Waals surface area contributed by atoms with E-state index in [9.17, 15) is 0 Å². The smallest absolute Gasteiger partial charge is 0.137 e. The van der Waals surface area contributed by atoms with Crippen LogP contribution in [0.4, 0.5) is 0 Å². The molecule has 0 aliphatic rings. The Morgan fingerprint density at radius 1 is 1.24 bits per heavy atom. The summed E-state index contributed by atoms with van der Waals surface area (Å²) in [4.78, 5) is 0. The highest BCUT2D eigenvalue weighted by molar-refractivity contribution is 9.10. The molecule has 3 nitrogen and oxygen atoms in total. The summed E-state index contributed by atoms with van der Waals surface area (Å²) in [5.41, 5.74) is 5.77. The van der Waals surface area contributed by atoms with Crippen LogP contribution in [0, 0.1) is 6.92 Å². The summed E-state index contributed by atoms with van der Waals surface area (Å²) >= 11 is 9.47. The molecule has 108 valence electrons. The average Bonchev–Trinajstić information content (AvgIpc) is 2.89. The lowest BCUT2D eigenvalue weighted by Crippen LogP contribution is -2.28. The van der Waals surface area contributed by atoms with Crippen molar-refractivity contribution in [1.29, 1.82) is 0 Å². The number of nitrogens with two attached hydrogens (primary N) is 1. The zero-order chi connectivity index (χ0) is 15.0. The van der Waals surface area contributed by atoms with Gasteiger partial charge < -0.3 is 4.42 Å². The second kappa shape index (κ2) is 5.81. The van der Waals surface area contributed by atoms with Gasteiger partial charge in [-0.3, -0.25) is 5.84 Å². The van der Waals surface area contributed by atoms with E-state index in [0.717, 1.165) is 32.3 Å². The monoisotopic (exact) mass is 364 g/mol. The summed E-state index contributed by atoms with van der Waals surface area (Å²) in [6.07, 6.45) is 0. The number of nitrogens with one attached hydrogen (secondary N) is 1. The van der Waals surface area contributed by atoms with Crippen molar-refractivity contribution >= 4 is 38.5 Å². The van der Waals surface area contributed by atoms with Crippen molar-refractivity contribution < 1.29 is 4.42 Å². The van der Waals surface area contributed by atoms with Gasteiger partial charge in [-0.25, -0.2) is 5.43 Å². The van der Waals surface area contributed by atoms with Crippen molar-refractivity contribution in [2.75, 3.05) is 0 Å². The van der Waals surface area contributed by atoms with Crippen LogP contribution in [0.3, 0.4) is 0 Å².